The van der Waals surface area contributed by atoms with E-state index in [4.69, 9.17) is 32.7 Å². The number of rotatable bonds is 20. The quantitative estimate of drug-likeness (QED) is 0.167. The Kier molecular flexibility index (Phi) is 22.0. The second kappa shape index (κ2) is 21.5. The summed E-state index contributed by atoms with van der Waals surface area (Å²) in [7, 11) is 0. The maximum absolute atomic E-state index is 5.96. The molecule has 0 aromatic heterocycles. The van der Waals surface area contributed by atoms with Crippen LogP contribution < -0.4 is 0 Å². The molecule has 0 saturated heterocycles. The van der Waals surface area contributed by atoms with Crippen molar-refractivity contribution in [1.82, 2.24) is 0 Å². The number of ether oxygens (including phenoxy) is 2. The van der Waals surface area contributed by atoms with Gasteiger partial charge in [0, 0.05) is 11.8 Å². The Morgan fingerprint density at radius 3 is 1.71 bits per heavy atom. The molecule has 0 rings (SSSR count). The molecule has 0 saturated carbocycles. The van der Waals surface area contributed by atoms with Gasteiger partial charge in [-0.2, -0.15) is 0 Å². The monoisotopic (exact) mass is 382 g/mol. The van der Waals surface area contributed by atoms with E-state index in [1.165, 1.54) is 77.0 Å². The molecule has 0 aromatic carbocycles. The van der Waals surface area contributed by atoms with Gasteiger partial charge in [-0.3, -0.25) is 0 Å². The van der Waals surface area contributed by atoms with E-state index in [1.54, 1.807) is 0 Å². The van der Waals surface area contributed by atoms with Crippen LogP contribution in [0.15, 0.2) is 0 Å². The van der Waals surface area contributed by atoms with E-state index in [2.05, 4.69) is 6.92 Å². The van der Waals surface area contributed by atoms with Crippen molar-refractivity contribution in [1.29, 1.82) is 0 Å². The molecule has 0 aliphatic carbocycles. The van der Waals surface area contributed by atoms with Crippen LogP contribution in [-0.4, -0.2) is 37.7 Å². The Labute approximate surface area is 161 Å². The summed E-state index contributed by atoms with van der Waals surface area (Å²) in [4.78, 5) is 0. The highest BCUT2D eigenvalue weighted by Crippen LogP contribution is 2.14. The van der Waals surface area contributed by atoms with Crippen LogP contribution in [0.5, 0.6) is 0 Å². The third-order valence-corrected chi connectivity index (χ3v) is 4.85. The van der Waals surface area contributed by atoms with Gasteiger partial charge in [0.15, 0.2) is 0 Å². The minimum Gasteiger partial charge on any atom is -0.378 e. The normalized spacial score (nSPS) is 12.6. The first kappa shape index (κ1) is 24.5. The maximum atomic E-state index is 5.96. The smallest absolute Gasteiger partial charge is 0.0711 e. The highest BCUT2D eigenvalue weighted by Gasteiger charge is 2.07. The van der Waals surface area contributed by atoms with Crippen molar-refractivity contribution in [3.8, 4) is 0 Å². The topological polar surface area (TPSA) is 18.5 Å². The zero-order chi connectivity index (χ0) is 17.7. The molecule has 0 aromatic rings. The van der Waals surface area contributed by atoms with Gasteiger partial charge in [0.25, 0.3) is 0 Å². The van der Waals surface area contributed by atoms with Crippen LogP contribution in [0.4, 0.5) is 0 Å². The van der Waals surface area contributed by atoms with Crippen LogP contribution in [0.25, 0.3) is 0 Å². The first-order valence-corrected chi connectivity index (χ1v) is 11.2. The molecule has 0 aliphatic heterocycles. The van der Waals surface area contributed by atoms with Gasteiger partial charge >= 0.3 is 0 Å². The predicted molar refractivity (Wildman–Crippen MR) is 108 cm³/mol. The molecule has 0 bridgehead atoms. The lowest BCUT2D eigenvalue weighted by molar-refractivity contribution is 0.0131. The summed E-state index contributed by atoms with van der Waals surface area (Å²) in [6.07, 6.45) is 17.8. The van der Waals surface area contributed by atoms with E-state index < -0.39 is 0 Å². The predicted octanol–water partition coefficient (Wildman–Crippen LogP) is 6.96. The van der Waals surface area contributed by atoms with Gasteiger partial charge < -0.3 is 9.47 Å². The van der Waals surface area contributed by atoms with E-state index in [-0.39, 0.29) is 6.10 Å². The Morgan fingerprint density at radius 1 is 0.667 bits per heavy atom. The van der Waals surface area contributed by atoms with Crippen molar-refractivity contribution in [3.63, 3.8) is 0 Å². The largest absolute Gasteiger partial charge is 0.378 e. The molecule has 146 valence electrons. The molecular formula is C20H40Cl2O2. The van der Waals surface area contributed by atoms with Crippen LogP contribution in [0.3, 0.4) is 0 Å². The number of hydrogen-bond acceptors (Lipinski definition) is 2. The molecule has 1 atom stereocenters. The first-order valence-electron chi connectivity index (χ1n) is 10.2. The van der Waals surface area contributed by atoms with Crippen LogP contribution in [0, 0.1) is 0 Å². The molecule has 0 spiro atoms. The van der Waals surface area contributed by atoms with E-state index in [9.17, 15) is 0 Å². The van der Waals surface area contributed by atoms with Crippen LogP contribution in [0.2, 0.25) is 0 Å². The van der Waals surface area contributed by atoms with Gasteiger partial charge in [-0.15, -0.1) is 23.2 Å². The van der Waals surface area contributed by atoms with E-state index in [1.807, 2.05) is 0 Å². The summed E-state index contributed by atoms with van der Waals surface area (Å²) in [5, 5.41) is 0. The number of alkyl halides is 2. The minimum atomic E-state index is 0.175. The fraction of sp³-hybridized carbons (Fsp3) is 1.00. The van der Waals surface area contributed by atoms with Gasteiger partial charge in [0.2, 0.25) is 0 Å². The van der Waals surface area contributed by atoms with Crippen molar-refractivity contribution in [3.05, 3.63) is 0 Å². The zero-order valence-electron chi connectivity index (χ0n) is 15.9. The summed E-state index contributed by atoms with van der Waals surface area (Å²) in [5.41, 5.74) is 0. The van der Waals surface area contributed by atoms with Gasteiger partial charge in [0.05, 0.1) is 25.9 Å². The molecule has 24 heavy (non-hydrogen) atoms. The van der Waals surface area contributed by atoms with Gasteiger partial charge in [-0.25, -0.2) is 0 Å². The Bertz CT molecular complexity index is 228. The maximum Gasteiger partial charge on any atom is 0.0711 e. The van der Waals surface area contributed by atoms with Crippen molar-refractivity contribution in [2.24, 2.45) is 0 Å². The summed E-state index contributed by atoms with van der Waals surface area (Å²) in [6, 6.07) is 0. The number of unbranched alkanes of at least 4 members (excludes halogenated alkanes) is 11. The Morgan fingerprint density at radius 2 is 1.21 bits per heavy atom. The molecule has 0 N–H and O–H groups in total. The lowest BCUT2D eigenvalue weighted by atomic mass is 10.0. The van der Waals surface area contributed by atoms with E-state index >= 15 is 0 Å². The number of halogens is 2. The average Bonchev–Trinajstić information content (AvgIpc) is 2.60. The van der Waals surface area contributed by atoms with E-state index in [0.717, 1.165) is 6.42 Å². The van der Waals surface area contributed by atoms with Gasteiger partial charge in [-0.05, 0) is 6.42 Å². The first-order chi connectivity index (χ1) is 11.8. The summed E-state index contributed by atoms with van der Waals surface area (Å²) in [6.45, 7) is 4.10. The summed E-state index contributed by atoms with van der Waals surface area (Å²) >= 11 is 11.5. The third-order valence-electron chi connectivity index (χ3n) is 4.35. The second-order valence-corrected chi connectivity index (χ2v) is 7.31. The Balaban J connectivity index is 3.23. The van der Waals surface area contributed by atoms with Gasteiger partial charge in [-0.1, -0.05) is 84.0 Å². The lowest BCUT2D eigenvalue weighted by Crippen LogP contribution is -2.18. The molecular weight excluding hydrogens is 343 g/mol. The summed E-state index contributed by atoms with van der Waals surface area (Å²) < 4.78 is 11.0. The molecule has 2 nitrogen and oxygen atoms in total. The fourth-order valence-corrected chi connectivity index (χ4v) is 3.20. The third kappa shape index (κ3) is 18.8. The molecule has 1 unspecified atom stereocenters. The minimum absolute atomic E-state index is 0.175. The molecule has 0 fully saturated rings. The highest BCUT2D eigenvalue weighted by molar-refractivity contribution is 6.18. The van der Waals surface area contributed by atoms with Crippen molar-refractivity contribution < 1.29 is 9.47 Å². The average molecular weight is 383 g/mol. The molecule has 4 heteroatoms. The van der Waals surface area contributed by atoms with E-state index in [0.29, 0.717) is 31.6 Å². The molecule has 0 heterocycles. The second-order valence-electron chi connectivity index (χ2n) is 6.63. The highest BCUT2D eigenvalue weighted by atomic mass is 35.5. The SMILES string of the molecule is CCCCCCCCCCCCCCC(CCl)OCCOCCCl. The summed E-state index contributed by atoms with van der Waals surface area (Å²) in [5.74, 6) is 1.12. The standard InChI is InChI=1S/C20H40Cl2O2/c1-2-3-4-5-6-7-8-9-10-11-12-13-14-20(19-22)24-18-17-23-16-15-21/h20H,2-19H2,1H3. The Hall–Kier alpha value is 0.500. The lowest BCUT2D eigenvalue weighted by Gasteiger charge is -2.15. The van der Waals surface area contributed by atoms with Crippen LogP contribution in [-0.2, 0) is 9.47 Å². The zero-order valence-corrected chi connectivity index (χ0v) is 17.4. The molecule has 0 radical (unpaired) electrons. The van der Waals surface area contributed by atoms with Gasteiger partial charge in [0.1, 0.15) is 0 Å². The van der Waals surface area contributed by atoms with Crippen molar-refractivity contribution in [2.75, 3.05) is 31.6 Å². The van der Waals surface area contributed by atoms with Crippen LogP contribution >= 0.6 is 23.2 Å². The van der Waals surface area contributed by atoms with Crippen molar-refractivity contribution in [2.45, 2.75) is 96.5 Å². The van der Waals surface area contributed by atoms with Crippen LogP contribution in [0.1, 0.15) is 90.4 Å². The molecule has 0 amide bonds. The molecule has 0 aliphatic rings. The van der Waals surface area contributed by atoms with Crippen molar-refractivity contribution >= 4 is 23.2 Å². The fourth-order valence-electron chi connectivity index (χ4n) is 2.85. The number of hydrogen-bond donors (Lipinski definition) is 0.